The predicted octanol–water partition coefficient (Wildman–Crippen LogP) is 3.52. The van der Waals surface area contributed by atoms with Gasteiger partial charge in [-0.1, -0.05) is 33.6 Å². The molecule has 1 N–H and O–H groups in total. The predicted molar refractivity (Wildman–Crippen MR) is 83.4 cm³/mol. The maximum Gasteiger partial charge on any atom is 0.0136 e. The van der Waals surface area contributed by atoms with E-state index in [0.29, 0.717) is 0 Å². The Hall–Kier alpha value is -0.0800. The van der Waals surface area contributed by atoms with Crippen LogP contribution >= 0.6 is 0 Å². The molecule has 2 rings (SSSR count). The van der Waals surface area contributed by atoms with Gasteiger partial charge in [0.15, 0.2) is 0 Å². The van der Waals surface area contributed by atoms with Crippen molar-refractivity contribution in [2.45, 2.75) is 71.4 Å². The second kappa shape index (κ2) is 7.08. The molecule has 0 aromatic rings. The fraction of sp³-hybridized carbons (Fsp3) is 1.00. The van der Waals surface area contributed by atoms with Gasteiger partial charge in [0.05, 0.1) is 0 Å². The van der Waals surface area contributed by atoms with Crippen molar-refractivity contribution in [2.24, 2.45) is 17.8 Å². The first-order valence-electron chi connectivity index (χ1n) is 8.50. The lowest BCUT2D eigenvalue weighted by Crippen LogP contribution is -2.53. The summed E-state index contributed by atoms with van der Waals surface area (Å²) in [6, 6.07) is 1.72. The monoisotopic (exact) mass is 266 g/mol. The lowest BCUT2D eigenvalue weighted by atomic mass is 9.76. The van der Waals surface area contributed by atoms with Crippen molar-refractivity contribution < 1.29 is 0 Å². The van der Waals surface area contributed by atoms with Crippen molar-refractivity contribution >= 4 is 0 Å². The number of rotatable bonds is 6. The highest BCUT2D eigenvalue weighted by Crippen LogP contribution is 2.36. The fourth-order valence-corrected chi connectivity index (χ4v) is 3.93. The molecule has 0 spiro atoms. The molecular formula is C17H34N2. The molecule has 0 aromatic carbocycles. The van der Waals surface area contributed by atoms with Gasteiger partial charge in [-0.25, -0.2) is 0 Å². The van der Waals surface area contributed by atoms with E-state index >= 15 is 0 Å². The van der Waals surface area contributed by atoms with Gasteiger partial charge in [-0.15, -0.1) is 0 Å². The van der Waals surface area contributed by atoms with E-state index in [0.717, 1.165) is 29.8 Å². The van der Waals surface area contributed by atoms with Crippen LogP contribution in [0.5, 0.6) is 0 Å². The molecule has 4 unspecified atom stereocenters. The lowest BCUT2D eigenvalue weighted by molar-refractivity contribution is 0.0286. The van der Waals surface area contributed by atoms with Crippen LogP contribution in [0.25, 0.3) is 0 Å². The Bertz CT molecular complexity index is 264. The molecule has 19 heavy (non-hydrogen) atoms. The van der Waals surface area contributed by atoms with Crippen LogP contribution in [0.3, 0.4) is 0 Å². The van der Waals surface area contributed by atoms with Crippen LogP contribution < -0.4 is 5.32 Å². The third-order valence-corrected chi connectivity index (χ3v) is 5.34. The van der Waals surface area contributed by atoms with Crippen molar-refractivity contribution in [2.75, 3.05) is 20.1 Å². The summed E-state index contributed by atoms with van der Waals surface area (Å²) in [5, 5.41) is 3.66. The van der Waals surface area contributed by atoms with Crippen LogP contribution in [0.4, 0.5) is 0 Å². The van der Waals surface area contributed by atoms with E-state index in [-0.39, 0.29) is 0 Å². The van der Waals surface area contributed by atoms with Crippen LogP contribution in [0.15, 0.2) is 0 Å². The van der Waals surface area contributed by atoms with Crippen LogP contribution in [0.2, 0.25) is 0 Å². The van der Waals surface area contributed by atoms with Gasteiger partial charge in [-0.2, -0.15) is 0 Å². The van der Waals surface area contributed by atoms with Crippen molar-refractivity contribution in [1.82, 2.24) is 10.2 Å². The quantitative estimate of drug-likeness (QED) is 0.791. The average molecular weight is 266 g/mol. The van der Waals surface area contributed by atoms with Crippen molar-refractivity contribution in [3.05, 3.63) is 0 Å². The molecule has 0 aromatic heterocycles. The second-order valence-corrected chi connectivity index (χ2v) is 7.55. The minimum Gasteiger partial charge on any atom is -0.316 e. The third-order valence-electron chi connectivity index (χ3n) is 5.34. The zero-order valence-electron chi connectivity index (χ0n) is 13.5. The highest BCUT2D eigenvalue weighted by Gasteiger charge is 2.37. The van der Waals surface area contributed by atoms with E-state index < -0.39 is 0 Å². The molecule has 0 amide bonds. The van der Waals surface area contributed by atoms with Crippen LogP contribution in [0, 0.1) is 17.8 Å². The largest absolute Gasteiger partial charge is 0.316 e. The Morgan fingerprint density at radius 2 is 1.95 bits per heavy atom. The Balaban J connectivity index is 1.74. The van der Waals surface area contributed by atoms with Crippen LogP contribution in [0.1, 0.15) is 59.3 Å². The summed E-state index contributed by atoms with van der Waals surface area (Å²) in [6.07, 6.45) is 8.62. The zero-order chi connectivity index (χ0) is 13.8. The summed E-state index contributed by atoms with van der Waals surface area (Å²) in [5.74, 6) is 2.62. The van der Waals surface area contributed by atoms with Gasteiger partial charge < -0.3 is 10.2 Å². The van der Waals surface area contributed by atoms with Crippen molar-refractivity contribution in [3.63, 3.8) is 0 Å². The van der Waals surface area contributed by atoms with Crippen LogP contribution in [-0.2, 0) is 0 Å². The Morgan fingerprint density at radius 3 is 2.53 bits per heavy atom. The standard InChI is InChI=1S/C17H34N2/c1-13(2)11-18-12-15-8-9-17(15)19(4)16-7-5-6-14(3)10-16/h13-18H,5-12H2,1-4H3. The average Bonchev–Trinajstić information content (AvgIpc) is 2.33. The maximum absolute atomic E-state index is 3.66. The number of nitrogens with one attached hydrogen (secondary N) is 1. The minimum atomic E-state index is 0.774. The van der Waals surface area contributed by atoms with E-state index in [1.54, 1.807) is 0 Å². The topological polar surface area (TPSA) is 15.3 Å². The van der Waals surface area contributed by atoms with Gasteiger partial charge >= 0.3 is 0 Å². The molecule has 0 saturated heterocycles. The molecule has 112 valence electrons. The summed E-state index contributed by atoms with van der Waals surface area (Å²) in [7, 11) is 2.39. The Kier molecular flexibility index (Phi) is 5.70. The summed E-state index contributed by atoms with van der Waals surface area (Å²) in [4.78, 5) is 2.74. The molecule has 0 radical (unpaired) electrons. The molecule has 2 aliphatic rings. The second-order valence-electron chi connectivity index (χ2n) is 7.55. The van der Waals surface area contributed by atoms with E-state index in [9.17, 15) is 0 Å². The summed E-state index contributed by atoms with van der Waals surface area (Å²) in [5.41, 5.74) is 0. The highest BCUT2D eigenvalue weighted by molar-refractivity contribution is 4.92. The molecule has 2 fully saturated rings. The van der Waals surface area contributed by atoms with E-state index in [1.807, 2.05) is 0 Å². The molecule has 2 nitrogen and oxygen atoms in total. The van der Waals surface area contributed by atoms with Crippen molar-refractivity contribution in [3.8, 4) is 0 Å². The molecule has 2 aliphatic carbocycles. The van der Waals surface area contributed by atoms with Gasteiger partial charge in [0.25, 0.3) is 0 Å². The van der Waals surface area contributed by atoms with Gasteiger partial charge in [-0.05, 0) is 63.6 Å². The first-order valence-corrected chi connectivity index (χ1v) is 8.50. The van der Waals surface area contributed by atoms with E-state index in [2.05, 4.69) is 38.0 Å². The summed E-state index contributed by atoms with van der Waals surface area (Å²) >= 11 is 0. The van der Waals surface area contributed by atoms with Gasteiger partial charge in [0.1, 0.15) is 0 Å². The number of nitrogens with zero attached hydrogens (tertiary/aromatic N) is 1. The van der Waals surface area contributed by atoms with E-state index in [1.165, 1.54) is 51.6 Å². The number of hydrogen-bond donors (Lipinski definition) is 1. The minimum absolute atomic E-state index is 0.774. The SMILES string of the molecule is CC(C)CNCC1CCC1N(C)C1CCCC(C)C1. The number of hydrogen-bond acceptors (Lipinski definition) is 2. The third kappa shape index (κ3) is 4.19. The molecular weight excluding hydrogens is 232 g/mol. The Morgan fingerprint density at radius 1 is 1.16 bits per heavy atom. The normalized spacial score (nSPS) is 35.7. The van der Waals surface area contributed by atoms with Crippen LogP contribution in [-0.4, -0.2) is 37.1 Å². The van der Waals surface area contributed by atoms with E-state index in [4.69, 9.17) is 0 Å². The maximum atomic E-state index is 3.66. The molecule has 0 bridgehead atoms. The fourth-order valence-electron chi connectivity index (χ4n) is 3.93. The van der Waals surface area contributed by atoms with Gasteiger partial charge in [-0.3, -0.25) is 0 Å². The molecule has 2 saturated carbocycles. The summed E-state index contributed by atoms with van der Waals surface area (Å²) < 4.78 is 0. The first kappa shape index (κ1) is 15.3. The van der Waals surface area contributed by atoms with Gasteiger partial charge in [0.2, 0.25) is 0 Å². The smallest absolute Gasteiger partial charge is 0.0136 e. The molecule has 0 aliphatic heterocycles. The van der Waals surface area contributed by atoms with Crippen molar-refractivity contribution in [1.29, 1.82) is 0 Å². The molecule has 4 atom stereocenters. The zero-order valence-corrected chi connectivity index (χ0v) is 13.5. The molecule has 0 heterocycles. The first-order chi connectivity index (χ1) is 9.08. The lowest BCUT2D eigenvalue weighted by Gasteiger charge is -2.48. The van der Waals surface area contributed by atoms with Gasteiger partial charge in [0, 0.05) is 12.1 Å². The summed E-state index contributed by atoms with van der Waals surface area (Å²) in [6.45, 7) is 9.42. The molecule has 2 heteroatoms. The Labute approximate surface area is 120 Å². The highest BCUT2D eigenvalue weighted by atomic mass is 15.2.